The van der Waals surface area contributed by atoms with Crippen molar-refractivity contribution in [3.63, 3.8) is 0 Å². The van der Waals surface area contributed by atoms with Gasteiger partial charge < -0.3 is 11.5 Å². The third-order valence-electron chi connectivity index (χ3n) is 4.49. The van der Waals surface area contributed by atoms with E-state index < -0.39 is 0 Å². The molecule has 0 aliphatic heterocycles. The Bertz CT molecular complexity index is 1100. The van der Waals surface area contributed by atoms with Gasteiger partial charge in [0.1, 0.15) is 0 Å². The summed E-state index contributed by atoms with van der Waals surface area (Å²) in [5, 5.41) is 8.96. The second-order valence-corrected chi connectivity index (χ2v) is 6.51. The molecule has 4 rings (SSSR count). The normalized spacial score (nSPS) is 11.0. The number of azo groups is 1. The van der Waals surface area contributed by atoms with Crippen LogP contribution in [0.5, 0.6) is 0 Å². The molecule has 0 atom stereocenters. The zero-order valence-electron chi connectivity index (χ0n) is 15.3. The number of nitrogens with zero attached hydrogens (tertiary/aromatic N) is 2. The molecule has 0 fully saturated rings. The lowest BCUT2D eigenvalue weighted by Gasteiger charge is -2.09. The van der Waals surface area contributed by atoms with Crippen molar-refractivity contribution in [2.75, 3.05) is 11.5 Å². The fourth-order valence-electron chi connectivity index (χ4n) is 2.98. The van der Waals surface area contributed by atoms with Gasteiger partial charge in [0.25, 0.3) is 0 Å². The van der Waals surface area contributed by atoms with Crippen LogP contribution in [0, 0.1) is 0 Å². The van der Waals surface area contributed by atoms with Gasteiger partial charge in [-0.15, -0.1) is 5.11 Å². The highest BCUT2D eigenvalue weighted by molar-refractivity contribution is 5.81. The maximum atomic E-state index is 5.84. The van der Waals surface area contributed by atoms with E-state index in [1.807, 2.05) is 84.9 Å². The first-order valence-corrected chi connectivity index (χ1v) is 9.02. The topological polar surface area (TPSA) is 76.8 Å². The van der Waals surface area contributed by atoms with Gasteiger partial charge in [0.2, 0.25) is 0 Å². The van der Waals surface area contributed by atoms with Crippen molar-refractivity contribution in [2.24, 2.45) is 10.2 Å². The van der Waals surface area contributed by atoms with E-state index in [0.717, 1.165) is 45.0 Å². The van der Waals surface area contributed by atoms with Crippen LogP contribution in [0.4, 0.5) is 22.7 Å². The van der Waals surface area contributed by atoms with E-state index >= 15 is 0 Å². The van der Waals surface area contributed by atoms with Crippen LogP contribution >= 0.6 is 0 Å². The quantitative estimate of drug-likeness (QED) is 0.316. The first kappa shape index (κ1) is 17.5. The van der Waals surface area contributed by atoms with Gasteiger partial charge in [-0.25, -0.2) is 0 Å². The van der Waals surface area contributed by atoms with Crippen molar-refractivity contribution < 1.29 is 0 Å². The molecule has 0 bridgehead atoms. The van der Waals surface area contributed by atoms with Gasteiger partial charge in [-0.05, 0) is 59.2 Å². The van der Waals surface area contributed by atoms with E-state index in [0.29, 0.717) is 0 Å². The molecular formula is C24H20N4. The van der Waals surface area contributed by atoms with Crippen molar-refractivity contribution in [1.29, 1.82) is 0 Å². The van der Waals surface area contributed by atoms with Crippen LogP contribution in [-0.2, 0) is 0 Å². The zero-order chi connectivity index (χ0) is 19.3. The molecule has 0 aliphatic carbocycles. The molecule has 4 aromatic carbocycles. The van der Waals surface area contributed by atoms with Crippen molar-refractivity contribution in [1.82, 2.24) is 0 Å². The Morgan fingerprint density at radius 3 is 1.71 bits per heavy atom. The fourth-order valence-corrected chi connectivity index (χ4v) is 2.98. The number of anilines is 2. The van der Waals surface area contributed by atoms with Crippen LogP contribution in [-0.4, -0.2) is 0 Å². The van der Waals surface area contributed by atoms with E-state index in [4.69, 9.17) is 11.5 Å². The molecule has 28 heavy (non-hydrogen) atoms. The number of hydrogen-bond acceptors (Lipinski definition) is 4. The summed E-state index contributed by atoms with van der Waals surface area (Å²) in [6.07, 6.45) is 0. The maximum absolute atomic E-state index is 5.84. The maximum Gasteiger partial charge on any atom is 0.0941 e. The van der Waals surface area contributed by atoms with Gasteiger partial charge in [-0.1, -0.05) is 54.6 Å². The molecule has 4 N–H and O–H groups in total. The Morgan fingerprint density at radius 1 is 0.500 bits per heavy atom. The average molecular weight is 364 g/mol. The Morgan fingerprint density at radius 2 is 1.07 bits per heavy atom. The molecule has 0 heterocycles. The van der Waals surface area contributed by atoms with Crippen molar-refractivity contribution in [2.45, 2.75) is 0 Å². The van der Waals surface area contributed by atoms with E-state index in [1.54, 1.807) is 0 Å². The molecule has 0 saturated heterocycles. The Labute approximate surface area is 164 Å². The third-order valence-corrected chi connectivity index (χ3v) is 4.49. The largest absolute Gasteiger partial charge is 0.399 e. The summed E-state index contributed by atoms with van der Waals surface area (Å²) < 4.78 is 0. The fraction of sp³-hybridized carbons (Fsp3) is 0. The smallest absolute Gasteiger partial charge is 0.0941 e. The molecular weight excluding hydrogens is 344 g/mol. The summed E-state index contributed by atoms with van der Waals surface area (Å²) in [6, 6.07) is 31.5. The predicted molar refractivity (Wildman–Crippen MR) is 117 cm³/mol. The molecule has 0 spiro atoms. The van der Waals surface area contributed by atoms with Gasteiger partial charge in [0, 0.05) is 16.9 Å². The predicted octanol–water partition coefficient (Wildman–Crippen LogP) is 6.60. The monoisotopic (exact) mass is 364 g/mol. The van der Waals surface area contributed by atoms with Crippen LogP contribution in [0.15, 0.2) is 107 Å². The van der Waals surface area contributed by atoms with Crippen molar-refractivity contribution in [3.8, 4) is 22.3 Å². The second kappa shape index (κ2) is 7.76. The van der Waals surface area contributed by atoms with Gasteiger partial charge >= 0.3 is 0 Å². The van der Waals surface area contributed by atoms with Crippen molar-refractivity contribution in [3.05, 3.63) is 97.1 Å². The Kier molecular flexibility index (Phi) is 4.85. The molecule has 4 nitrogen and oxygen atoms in total. The minimum Gasteiger partial charge on any atom is -0.399 e. The van der Waals surface area contributed by atoms with Gasteiger partial charge in [-0.3, -0.25) is 0 Å². The Balaban J connectivity index is 1.80. The highest BCUT2D eigenvalue weighted by Crippen LogP contribution is 2.36. The second-order valence-electron chi connectivity index (χ2n) is 6.51. The number of hydrogen-bond donors (Lipinski definition) is 2. The lowest BCUT2D eigenvalue weighted by atomic mass is 9.98. The zero-order valence-corrected chi connectivity index (χ0v) is 15.3. The van der Waals surface area contributed by atoms with Crippen LogP contribution in [0.1, 0.15) is 0 Å². The van der Waals surface area contributed by atoms with Crippen LogP contribution in [0.3, 0.4) is 0 Å². The molecule has 4 heteroatoms. The number of nitrogen functional groups attached to an aromatic ring is 2. The minimum absolute atomic E-state index is 0.731. The highest BCUT2D eigenvalue weighted by atomic mass is 15.1. The van der Waals surface area contributed by atoms with E-state index in [1.165, 1.54) is 0 Å². The molecule has 0 unspecified atom stereocenters. The van der Waals surface area contributed by atoms with Crippen molar-refractivity contribution >= 4 is 22.7 Å². The standard InChI is InChI=1S/C24H20N4/c25-20-11-6-17(7-12-20)19-10-15-23(18-8-13-21(26)14-9-18)24(16-19)28-27-22-4-2-1-3-5-22/h1-16H,25-26H2. The van der Waals surface area contributed by atoms with Gasteiger partial charge in [0.05, 0.1) is 11.4 Å². The van der Waals surface area contributed by atoms with Crippen LogP contribution in [0.2, 0.25) is 0 Å². The first-order valence-electron chi connectivity index (χ1n) is 9.02. The molecule has 0 amide bonds. The summed E-state index contributed by atoms with van der Waals surface area (Å²) in [5.74, 6) is 0. The summed E-state index contributed by atoms with van der Waals surface area (Å²) in [4.78, 5) is 0. The Hall–Kier alpha value is -3.92. The summed E-state index contributed by atoms with van der Waals surface area (Å²) in [5.41, 5.74) is 18.9. The molecule has 136 valence electrons. The third kappa shape index (κ3) is 3.91. The SMILES string of the molecule is Nc1ccc(-c2ccc(-c3ccc(N)cc3)c(N=Nc3ccccc3)c2)cc1. The summed E-state index contributed by atoms with van der Waals surface area (Å²) >= 11 is 0. The van der Waals surface area contributed by atoms with Gasteiger partial charge in [-0.2, -0.15) is 5.11 Å². The lowest BCUT2D eigenvalue weighted by Crippen LogP contribution is -1.86. The van der Waals surface area contributed by atoms with E-state index in [2.05, 4.69) is 22.4 Å². The van der Waals surface area contributed by atoms with Gasteiger partial charge in [0.15, 0.2) is 0 Å². The minimum atomic E-state index is 0.731. The molecule has 0 aliphatic rings. The number of rotatable bonds is 4. The number of nitrogens with two attached hydrogens (primary N) is 2. The average Bonchev–Trinajstić information content (AvgIpc) is 2.74. The number of benzene rings is 4. The highest BCUT2D eigenvalue weighted by Gasteiger charge is 2.08. The summed E-state index contributed by atoms with van der Waals surface area (Å²) in [6.45, 7) is 0. The van der Waals surface area contributed by atoms with E-state index in [-0.39, 0.29) is 0 Å². The lowest BCUT2D eigenvalue weighted by molar-refractivity contribution is 1.23. The van der Waals surface area contributed by atoms with Crippen LogP contribution in [0.25, 0.3) is 22.3 Å². The molecule has 0 aromatic heterocycles. The first-order chi connectivity index (χ1) is 13.7. The molecule has 0 radical (unpaired) electrons. The molecule has 0 saturated carbocycles. The summed E-state index contributed by atoms with van der Waals surface area (Å²) in [7, 11) is 0. The van der Waals surface area contributed by atoms with E-state index in [9.17, 15) is 0 Å². The molecule has 4 aromatic rings. The van der Waals surface area contributed by atoms with Crippen LogP contribution < -0.4 is 11.5 Å².